The summed E-state index contributed by atoms with van der Waals surface area (Å²) in [5, 5.41) is 3.09. The van der Waals surface area contributed by atoms with Crippen LogP contribution >= 0.6 is 0 Å². The Bertz CT molecular complexity index is 965. The standard InChI is InChI=1S/C23H30N2O4S/c1-4-29-20-9-11-21(12-10-20)30(27,28)25-15-13-19(14-16-25)23(26)24-18(3)22-8-6-5-7-17(22)2/h5-12,18-19H,4,13-16H2,1-3H3,(H,24,26). The van der Waals surface area contributed by atoms with Crippen LogP contribution in [0.15, 0.2) is 53.4 Å². The molecule has 0 radical (unpaired) electrons. The molecule has 1 N–H and O–H groups in total. The molecule has 0 spiro atoms. The topological polar surface area (TPSA) is 75.7 Å². The summed E-state index contributed by atoms with van der Waals surface area (Å²) in [6.45, 7) is 7.10. The number of benzene rings is 2. The lowest BCUT2D eigenvalue weighted by atomic mass is 9.96. The van der Waals surface area contributed by atoms with Crippen LogP contribution in [0.3, 0.4) is 0 Å². The molecule has 1 aliphatic heterocycles. The van der Waals surface area contributed by atoms with Gasteiger partial charge in [-0.2, -0.15) is 4.31 Å². The van der Waals surface area contributed by atoms with E-state index in [1.165, 1.54) is 4.31 Å². The first-order valence-electron chi connectivity index (χ1n) is 10.4. The Kier molecular flexibility index (Phi) is 7.15. The number of piperidine rings is 1. The summed E-state index contributed by atoms with van der Waals surface area (Å²) in [6.07, 6.45) is 1.03. The fourth-order valence-corrected chi connectivity index (χ4v) is 5.33. The van der Waals surface area contributed by atoms with Crippen molar-refractivity contribution in [3.63, 3.8) is 0 Å². The van der Waals surface area contributed by atoms with Crippen LogP contribution in [0.1, 0.15) is 43.9 Å². The Morgan fingerprint density at radius 2 is 1.77 bits per heavy atom. The van der Waals surface area contributed by atoms with Gasteiger partial charge in [-0.1, -0.05) is 24.3 Å². The maximum Gasteiger partial charge on any atom is 0.243 e. The van der Waals surface area contributed by atoms with Crippen molar-refractivity contribution in [1.29, 1.82) is 0 Å². The highest BCUT2D eigenvalue weighted by Crippen LogP contribution is 2.26. The molecule has 1 aliphatic rings. The molecule has 3 rings (SSSR count). The van der Waals surface area contributed by atoms with Gasteiger partial charge in [-0.05, 0) is 69.0 Å². The van der Waals surface area contributed by atoms with Crippen molar-refractivity contribution in [2.75, 3.05) is 19.7 Å². The average molecular weight is 431 g/mol. The van der Waals surface area contributed by atoms with E-state index in [4.69, 9.17) is 4.74 Å². The Morgan fingerprint density at radius 3 is 2.37 bits per heavy atom. The third-order valence-corrected chi connectivity index (χ3v) is 7.52. The molecule has 1 saturated heterocycles. The van der Waals surface area contributed by atoms with Crippen LogP contribution in [0.4, 0.5) is 0 Å². The van der Waals surface area contributed by atoms with Crippen LogP contribution in [-0.2, 0) is 14.8 Å². The zero-order valence-electron chi connectivity index (χ0n) is 17.8. The van der Waals surface area contributed by atoms with Gasteiger partial charge in [0.05, 0.1) is 17.5 Å². The number of hydrogen-bond donors (Lipinski definition) is 1. The number of rotatable bonds is 7. The predicted octanol–water partition coefficient (Wildman–Crippen LogP) is 3.67. The summed E-state index contributed by atoms with van der Waals surface area (Å²) in [7, 11) is -3.57. The number of sulfonamides is 1. The van der Waals surface area contributed by atoms with Crippen LogP contribution < -0.4 is 10.1 Å². The highest BCUT2D eigenvalue weighted by molar-refractivity contribution is 7.89. The molecule has 0 aliphatic carbocycles. The molecule has 0 aromatic heterocycles. The molecule has 162 valence electrons. The normalized spacial score (nSPS) is 16.8. The SMILES string of the molecule is CCOc1ccc(S(=O)(=O)N2CCC(C(=O)NC(C)c3ccccc3C)CC2)cc1. The second-order valence-electron chi connectivity index (χ2n) is 7.67. The molecule has 0 bridgehead atoms. The molecule has 30 heavy (non-hydrogen) atoms. The van der Waals surface area contributed by atoms with Crippen molar-refractivity contribution < 1.29 is 17.9 Å². The van der Waals surface area contributed by atoms with Gasteiger partial charge in [0.15, 0.2) is 0 Å². The van der Waals surface area contributed by atoms with E-state index in [2.05, 4.69) is 5.32 Å². The highest BCUT2D eigenvalue weighted by atomic mass is 32.2. The van der Waals surface area contributed by atoms with Gasteiger partial charge in [0.25, 0.3) is 0 Å². The zero-order valence-corrected chi connectivity index (χ0v) is 18.6. The summed E-state index contributed by atoms with van der Waals surface area (Å²) < 4.78 is 32.7. The number of hydrogen-bond acceptors (Lipinski definition) is 4. The fourth-order valence-electron chi connectivity index (χ4n) is 3.86. The van der Waals surface area contributed by atoms with Gasteiger partial charge in [-0.25, -0.2) is 8.42 Å². The largest absolute Gasteiger partial charge is 0.494 e. The lowest BCUT2D eigenvalue weighted by Gasteiger charge is -2.31. The van der Waals surface area contributed by atoms with E-state index >= 15 is 0 Å². The molecule has 1 heterocycles. The van der Waals surface area contributed by atoms with E-state index in [-0.39, 0.29) is 22.8 Å². The van der Waals surface area contributed by atoms with Gasteiger partial charge in [-0.15, -0.1) is 0 Å². The lowest BCUT2D eigenvalue weighted by Crippen LogP contribution is -2.43. The van der Waals surface area contributed by atoms with Gasteiger partial charge < -0.3 is 10.1 Å². The van der Waals surface area contributed by atoms with E-state index in [0.29, 0.717) is 38.3 Å². The number of nitrogens with one attached hydrogen (secondary N) is 1. The Labute approximate surface area is 179 Å². The Hall–Kier alpha value is -2.38. The number of amides is 1. The number of nitrogens with zero attached hydrogens (tertiary/aromatic N) is 1. The number of carbonyl (C=O) groups is 1. The van der Waals surface area contributed by atoms with Gasteiger partial charge in [0.1, 0.15) is 5.75 Å². The second-order valence-corrected chi connectivity index (χ2v) is 9.61. The second kappa shape index (κ2) is 9.62. The Balaban J connectivity index is 1.58. The van der Waals surface area contributed by atoms with Gasteiger partial charge in [0, 0.05) is 19.0 Å². The molecular formula is C23H30N2O4S. The van der Waals surface area contributed by atoms with Crippen molar-refractivity contribution >= 4 is 15.9 Å². The number of aryl methyl sites for hydroxylation is 1. The average Bonchev–Trinajstić information content (AvgIpc) is 2.74. The van der Waals surface area contributed by atoms with Crippen molar-refractivity contribution in [3.8, 4) is 5.75 Å². The van der Waals surface area contributed by atoms with Crippen LogP contribution in [0.5, 0.6) is 5.75 Å². The highest BCUT2D eigenvalue weighted by Gasteiger charge is 2.32. The molecule has 7 heteroatoms. The zero-order chi connectivity index (χ0) is 21.7. The summed E-state index contributed by atoms with van der Waals surface area (Å²) in [6, 6.07) is 14.4. The summed E-state index contributed by atoms with van der Waals surface area (Å²) >= 11 is 0. The summed E-state index contributed by atoms with van der Waals surface area (Å²) in [4.78, 5) is 13.0. The smallest absolute Gasteiger partial charge is 0.243 e. The number of ether oxygens (including phenoxy) is 1. The van der Waals surface area contributed by atoms with E-state index < -0.39 is 10.0 Å². The monoisotopic (exact) mass is 430 g/mol. The summed E-state index contributed by atoms with van der Waals surface area (Å²) in [5.74, 6) is 0.460. The van der Waals surface area contributed by atoms with E-state index in [0.717, 1.165) is 11.1 Å². The molecule has 1 unspecified atom stereocenters. The minimum atomic E-state index is -3.57. The predicted molar refractivity (Wildman–Crippen MR) is 117 cm³/mol. The minimum absolute atomic E-state index is 0.0103. The molecular weight excluding hydrogens is 400 g/mol. The van der Waals surface area contributed by atoms with Gasteiger partial charge >= 0.3 is 0 Å². The van der Waals surface area contributed by atoms with Crippen molar-refractivity contribution in [2.45, 2.75) is 44.6 Å². The third kappa shape index (κ3) is 5.02. The minimum Gasteiger partial charge on any atom is -0.494 e. The van der Waals surface area contributed by atoms with Crippen molar-refractivity contribution in [1.82, 2.24) is 9.62 Å². The number of carbonyl (C=O) groups excluding carboxylic acids is 1. The summed E-state index contributed by atoms with van der Waals surface area (Å²) in [5.41, 5.74) is 2.24. The maximum absolute atomic E-state index is 12.9. The van der Waals surface area contributed by atoms with Gasteiger partial charge in [-0.3, -0.25) is 4.79 Å². The quantitative estimate of drug-likeness (QED) is 0.727. The third-order valence-electron chi connectivity index (χ3n) is 5.61. The molecule has 2 aromatic rings. The van der Waals surface area contributed by atoms with Crippen LogP contribution in [0.25, 0.3) is 0 Å². The van der Waals surface area contributed by atoms with Crippen molar-refractivity contribution in [3.05, 3.63) is 59.7 Å². The lowest BCUT2D eigenvalue weighted by molar-refractivity contribution is -0.126. The Morgan fingerprint density at radius 1 is 1.13 bits per heavy atom. The molecule has 1 atom stereocenters. The molecule has 1 amide bonds. The fraction of sp³-hybridized carbons (Fsp3) is 0.435. The van der Waals surface area contributed by atoms with Crippen LogP contribution in [-0.4, -0.2) is 38.3 Å². The first-order chi connectivity index (χ1) is 14.3. The molecule has 1 fully saturated rings. The van der Waals surface area contributed by atoms with Crippen LogP contribution in [0, 0.1) is 12.8 Å². The molecule has 0 saturated carbocycles. The van der Waals surface area contributed by atoms with Crippen molar-refractivity contribution in [2.24, 2.45) is 5.92 Å². The maximum atomic E-state index is 12.9. The van der Waals surface area contributed by atoms with Crippen LogP contribution in [0.2, 0.25) is 0 Å². The van der Waals surface area contributed by atoms with E-state index in [1.807, 2.05) is 45.0 Å². The molecule has 2 aromatic carbocycles. The van der Waals surface area contributed by atoms with E-state index in [1.54, 1.807) is 24.3 Å². The first-order valence-corrected chi connectivity index (χ1v) is 11.9. The van der Waals surface area contributed by atoms with Gasteiger partial charge in [0.2, 0.25) is 15.9 Å². The molecule has 6 nitrogen and oxygen atoms in total. The first kappa shape index (κ1) is 22.3. The van der Waals surface area contributed by atoms with E-state index in [9.17, 15) is 13.2 Å².